The van der Waals surface area contributed by atoms with Crippen LogP contribution >= 0.6 is 11.8 Å². The highest BCUT2D eigenvalue weighted by atomic mass is 32.2. The van der Waals surface area contributed by atoms with E-state index >= 15 is 0 Å². The van der Waals surface area contributed by atoms with Crippen molar-refractivity contribution in [3.05, 3.63) is 48.7 Å². The van der Waals surface area contributed by atoms with Gasteiger partial charge in [-0.2, -0.15) is 14.6 Å². The van der Waals surface area contributed by atoms with Crippen molar-refractivity contribution in [2.24, 2.45) is 0 Å². The maximum atomic E-state index is 11.8. The van der Waals surface area contributed by atoms with Crippen molar-refractivity contribution in [2.75, 3.05) is 12.9 Å². The molecule has 0 aliphatic heterocycles. The zero-order valence-electron chi connectivity index (χ0n) is 14.4. The van der Waals surface area contributed by atoms with Crippen molar-refractivity contribution in [1.29, 1.82) is 0 Å². The molecule has 0 aliphatic carbocycles. The number of ether oxygens (including phenoxy) is 1. The largest absolute Gasteiger partial charge is 0.469 e. The fourth-order valence-corrected chi connectivity index (χ4v) is 3.15. The predicted molar refractivity (Wildman–Crippen MR) is 99.8 cm³/mol. The lowest BCUT2D eigenvalue weighted by Crippen LogP contribution is -2.06. The van der Waals surface area contributed by atoms with Gasteiger partial charge in [0, 0.05) is 5.75 Å². The third-order valence-corrected chi connectivity index (χ3v) is 4.62. The lowest BCUT2D eigenvalue weighted by molar-refractivity contribution is -0.139. The average molecular weight is 381 g/mol. The minimum Gasteiger partial charge on any atom is -0.469 e. The van der Waals surface area contributed by atoms with Gasteiger partial charge in [-0.25, -0.2) is 4.68 Å². The Bertz CT molecular complexity index is 1140. The molecule has 10 heteroatoms. The molecule has 0 bridgehead atoms. The Balaban J connectivity index is 1.96. The van der Waals surface area contributed by atoms with Crippen LogP contribution in [-0.4, -0.2) is 53.4 Å². The van der Waals surface area contributed by atoms with Crippen LogP contribution in [0.2, 0.25) is 0 Å². The van der Waals surface area contributed by atoms with Crippen LogP contribution in [-0.2, 0) is 16.0 Å². The quantitative estimate of drug-likeness (QED) is 0.283. The third kappa shape index (κ3) is 3.14. The van der Waals surface area contributed by atoms with Crippen molar-refractivity contribution in [3.63, 3.8) is 0 Å². The number of carbonyl (C=O) groups excluding carboxylic acids is 1. The average Bonchev–Trinajstić information content (AvgIpc) is 3.28. The van der Waals surface area contributed by atoms with Gasteiger partial charge in [0.15, 0.2) is 11.2 Å². The first-order valence-electron chi connectivity index (χ1n) is 8.08. The minimum absolute atomic E-state index is 0.0141. The van der Waals surface area contributed by atoms with Crippen LogP contribution in [0.5, 0.6) is 0 Å². The molecule has 3 aromatic heterocycles. The Morgan fingerprint density at radius 3 is 2.81 bits per heavy atom. The van der Waals surface area contributed by atoms with Crippen molar-refractivity contribution in [3.8, 4) is 5.69 Å². The van der Waals surface area contributed by atoms with E-state index in [9.17, 15) is 4.79 Å². The molecule has 0 unspecified atom stereocenters. The summed E-state index contributed by atoms with van der Waals surface area (Å²) in [5.74, 6) is 0.631. The van der Waals surface area contributed by atoms with Gasteiger partial charge < -0.3 is 4.74 Å². The summed E-state index contributed by atoms with van der Waals surface area (Å²) in [6.07, 6.45) is 1.76. The number of thioether (sulfide) groups is 1. The number of esters is 1. The van der Waals surface area contributed by atoms with Crippen LogP contribution in [0.25, 0.3) is 22.6 Å². The molecular weight excluding hydrogens is 366 g/mol. The molecule has 3 heterocycles. The highest BCUT2D eigenvalue weighted by Crippen LogP contribution is 2.22. The van der Waals surface area contributed by atoms with Crippen molar-refractivity contribution in [1.82, 2.24) is 34.6 Å². The van der Waals surface area contributed by atoms with E-state index in [0.717, 1.165) is 5.69 Å². The van der Waals surface area contributed by atoms with Gasteiger partial charge in [-0.05, 0) is 12.1 Å². The predicted octanol–water partition coefficient (Wildman–Crippen LogP) is 1.85. The first kappa shape index (κ1) is 17.2. The summed E-state index contributed by atoms with van der Waals surface area (Å²) in [5, 5.41) is 18.0. The van der Waals surface area contributed by atoms with Crippen LogP contribution in [0.1, 0.15) is 5.69 Å². The van der Waals surface area contributed by atoms with Gasteiger partial charge in [0.05, 0.1) is 19.2 Å². The highest BCUT2D eigenvalue weighted by molar-refractivity contribution is 7.99. The second-order valence-corrected chi connectivity index (χ2v) is 6.51. The third-order valence-electron chi connectivity index (χ3n) is 3.79. The van der Waals surface area contributed by atoms with Gasteiger partial charge in [0.2, 0.25) is 5.16 Å². The zero-order valence-corrected chi connectivity index (χ0v) is 15.3. The number of nitrogens with zero attached hydrogens (tertiary/aromatic N) is 7. The number of aromatic nitrogens is 7. The molecule has 0 saturated carbocycles. The first-order chi connectivity index (χ1) is 13.2. The zero-order chi connectivity index (χ0) is 18.8. The molecule has 136 valence electrons. The topological polar surface area (TPSA) is 100 Å². The summed E-state index contributed by atoms with van der Waals surface area (Å²) in [7, 11) is 1.34. The van der Waals surface area contributed by atoms with Crippen LogP contribution in [0.3, 0.4) is 0 Å². The lowest BCUT2D eigenvalue weighted by atomic mass is 10.3. The summed E-state index contributed by atoms with van der Waals surface area (Å²) in [5.41, 5.74) is 2.33. The van der Waals surface area contributed by atoms with E-state index < -0.39 is 5.97 Å². The van der Waals surface area contributed by atoms with E-state index in [1.807, 2.05) is 30.3 Å². The molecule has 9 nitrogen and oxygen atoms in total. The van der Waals surface area contributed by atoms with Crippen LogP contribution in [0.4, 0.5) is 0 Å². The Morgan fingerprint density at radius 2 is 2.07 bits per heavy atom. The normalized spacial score (nSPS) is 11.1. The summed E-state index contributed by atoms with van der Waals surface area (Å²) in [6, 6.07) is 9.54. The van der Waals surface area contributed by atoms with E-state index in [1.54, 1.807) is 15.3 Å². The van der Waals surface area contributed by atoms with Gasteiger partial charge in [-0.1, -0.05) is 36.0 Å². The van der Waals surface area contributed by atoms with Crippen molar-refractivity contribution >= 4 is 34.7 Å². The van der Waals surface area contributed by atoms with Gasteiger partial charge in [-0.3, -0.25) is 4.79 Å². The molecule has 0 N–H and O–H groups in total. The molecular formula is C17H15N7O2S. The molecule has 27 heavy (non-hydrogen) atoms. The lowest BCUT2D eigenvalue weighted by Gasteiger charge is -2.02. The molecule has 0 radical (unpaired) electrons. The summed E-state index contributed by atoms with van der Waals surface area (Å²) in [4.78, 5) is 16.2. The van der Waals surface area contributed by atoms with E-state index in [1.165, 1.54) is 18.9 Å². The van der Waals surface area contributed by atoms with Crippen molar-refractivity contribution in [2.45, 2.75) is 11.6 Å². The van der Waals surface area contributed by atoms with E-state index in [0.29, 0.717) is 33.5 Å². The van der Waals surface area contributed by atoms with Crippen LogP contribution < -0.4 is 0 Å². The number of para-hydroxylation sites is 1. The molecule has 0 spiro atoms. The number of fused-ring (bicyclic) bond motifs is 3. The highest BCUT2D eigenvalue weighted by Gasteiger charge is 2.21. The van der Waals surface area contributed by atoms with Crippen LogP contribution in [0, 0.1) is 0 Å². The van der Waals surface area contributed by atoms with Crippen LogP contribution in [0.15, 0.2) is 48.1 Å². The molecule has 0 saturated heterocycles. The summed E-state index contributed by atoms with van der Waals surface area (Å²) >= 11 is 1.44. The Kier molecular flexibility index (Phi) is 4.55. The minimum atomic E-state index is -0.405. The number of benzene rings is 1. The molecule has 4 rings (SSSR count). The number of rotatable bonds is 6. The molecule has 1 aromatic carbocycles. The molecule has 4 aromatic rings. The number of hydrogen-bond donors (Lipinski definition) is 0. The van der Waals surface area contributed by atoms with E-state index in [4.69, 9.17) is 4.74 Å². The number of hydrogen-bond acceptors (Lipinski definition) is 8. The maximum Gasteiger partial charge on any atom is 0.311 e. The molecule has 0 fully saturated rings. The fraction of sp³-hybridized carbons (Fsp3) is 0.176. The molecule has 0 atom stereocenters. The molecule has 0 aliphatic rings. The SMILES string of the molecule is C=CCSc1nc2nnc3c(CC(=O)OC)nn(-c4ccccc4)c3n2n1. The second kappa shape index (κ2) is 7.16. The van der Waals surface area contributed by atoms with Gasteiger partial charge >= 0.3 is 5.97 Å². The Labute approximate surface area is 158 Å². The first-order valence-corrected chi connectivity index (χ1v) is 9.07. The molecule has 0 amide bonds. The van der Waals surface area contributed by atoms with Gasteiger partial charge in [-0.15, -0.1) is 21.9 Å². The standard InChI is InChI=1S/C17H15N7O2S/c1-3-9-27-17-18-16-20-19-14-12(10-13(25)26-2)21-23(15(14)24(16)22-17)11-7-5-4-6-8-11/h3-8H,1,9-10H2,2H3. The Morgan fingerprint density at radius 1 is 1.26 bits per heavy atom. The number of methoxy groups -OCH3 is 1. The Hall–Kier alpha value is -3.27. The monoisotopic (exact) mass is 381 g/mol. The summed E-state index contributed by atoms with van der Waals surface area (Å²) < 4.78 is 8.05. The fourth-order valence-electron chi connectivity index (χ4n) is 2.60. The van der Waals surface area contributed by atoms with E-state index in [-0.39, 0.29) is 6.42 Å². The second-order valence-electron chi connectivity index (χ2n) is 5.53. The smallest absolute Gasteiger partial charge is 0.311 e. The van der Waals surface area contributed by atoms with Gasteiger partial charge in [0.25, 0.3) is 5.78 Å². The summed E-state index contributed by atoms with van der Waals surface area (Å²) in [6.45, 7) is 3.70. The van der Waals surface area contributed by atoms with Crippen molar-refractivity contribution < 1.29 is 9.53 Å². The van der Waals surface area contributed by atoms with Gasteiger partial charge in [0.1, 0.15) is 5.69 Å². The maximum absolute atomic E-state index is 11.8. The van der Waals surface area contributed by atoms with E-state index in [2.05, 4.69) is 32.0 Å². The number of carbonyl (C=O) groups is 1.